The molecule has 160 valence electrons. The van der Waals surface area contributed by atoms with E-state index in [4.69, 9.17) is 4.74 Å². The van der Waals surface area contributed by atoms with Gasteiger partial charge in [0, 0.05) is 49.5 Å². The molecule has 1 N–H and O–H groups in total. The van der Waals surface area contributed by atoms with Gasteiger partial charge in [-0.05, 0) is 30.2 Å². The number of aryl methyl sites for hydroxylation is 1. The molecule has 3 heterocycles. The second-order valence-corrected chi connectivity index (χ2v) is 7.63. The van der Waals surface area contributed by atoms with E-state index in [2.05, 4.69) is 16.5 Å². The first-order valence-electron chi connectivity index (χ1n) is 10.4. The van der Waals surface area contributed by atoms with Crippen LogP contribution >= 0.6 is 0 Å². The summed E-state index contributed by atoms with van der Waals surface area (Å²) >= 11 is 0. The Bertz CT molecular complexity index is 1120. The number of hydrogen-bond donors (Lipinski definition) is 1. The molecule has 1 amide bonds. The van der Waals surface area contributed by atoms with Crippen LogP contribution in [0.25, 0.3) is 11.0 Å². The molecule has 0 unspecified atom stereocenters. The zero-order chi connectivity index (χ0) is 21.8. The Morgan fingerprint density at radius 1 is 1.29 bits per heavy atom. The SMILES string of the molecule is C=CC(=O)N1CCC(Oc2cnc3[nH]cc(C(=O)CCc4ccccc4F)c3c2)CC1. The fourth-order valence-electron chi connectivity index (χ4n) is 3.88. The van der Waals surface area contributed by atoms with Crippen molar-refractivity contribution >= 4 is 22.7 Å². The smallest absolute Gasteiger partial charge is 0.245 e. The number of amides is 1. The number of nitrogens with zero attached hydrogens (tertiary/aromatic N) is 2. The monoisotopic (exact) mass is 421 g/mol. The molecule has 0 spiro atoms. The van der Waals surface area contributed by atoms with Crippen LogP contribution in [0.15, 0.2) is 55.4 Å². The predicted octanol–water partition coefficient (Wildman–Crippen LogP) is 4.07. The molecule has 1 fully saturated rings. The number of carbonyl (C=O) groups excluding carboxylic acids is 2. The van der Waals surface area contributed by atoms with Gasteiger partial charge in [0.15, 0.2) is 5.78 Å². The molecular weight excluding hydrogens is 397 g/mol. The number of carbonyl (C=O) groups is 2. The van der Waals surface area contributed by atoms with Crippen LogP contribution in [0.3, 0.4) is 0 Å². The maximum atomic E-state index is 13.8. The lowest BCUT2D eigenvalue weighted by Gasteiger charge is -2.31. The van der Waals surface area contributed by atoms with Crippen LogP contribution in [0.1, 0.15) is 35.2 Å². The lowest BCUT2D eigenvalue weighted by Crippen LogP contribution is -2.41. The first-order chi connectivity index (χ1) is 15.0. The second kappa shape index (κ2) is 9.12. The molecule has 1 saturated heterocycles. The number of halogens is 1. The van der Waals surface area contributed by atoms with Crippen molar-refractivity contribution < 1.29 is 18.7 Å². The van der Waals surface area contributed by atoms with Gasteiger partial charge in [0.1, 0.15) is 23.3 Å². The number of piperidine rings is 1. The number of aromatic nitrogens is 2. The van der Waals surface area contributed by atoms with E-state index in [-0.39, 0.29) is 30.0 Å². The van der Waals surface area contributed by atoms with Gasteiger partial charge >= 0.3 is 0 Å². The quantitative estimate of drug-likeness (QED) is 0.461. The second-order valence-electron chi connectivity index (χ2n) is 7.63. The Balaban J connectivity index is 1.43. The number of rotatable bonds is 7. The minimum Gasteiger partial charge on any atom is -0.489 e. The fraction of sp³-hybridized carbons (Fsp3) is 0.292. The lowest BCUT2D eigenvalue weighted by molar-refractivity contribution is -0.127. The third kappa shape index (κ3) is 4.66. The number of ketones is 1. The summed E-state index contributed by atoms with van der Waals surface area (Å²) in [4.78, 5) is 33.6. The molecule has 1 aliphatic heterocycles. The molecule has 0 atom stereocenters. The van der Waals surface area contributed by atoms with Gasteiger partial charge in [-0.25, -0.2) is 9.37 Å². The molecule has 0 radical (unpaired) electrons. The zero-order valence-electron chi connectivity index (χ0n) is 17.1. The first kappa shape index (κ1) is 20.8. The number of hydrogen-bond acceptors (Lipinski definition) is 4. The highest BCUT2D eigenvalue weighted by atomic mass is 19.1. The van der Waals surface area contributed by atoms with E-state index < -0.39 is 0 Å². The number of Topliss-reactive ketones (excluding diaryl/α,β-unsaturated/α-hetero) is 1. The molecule has 0 aliphatic carbocycles. The molecule has 0 saturated carbocycles. The van der Waals surface area contributed by atoms with E-state index in [9.17, 15) is 14.0 Å². The van der Waals surface area contributed by atoms with Crippen molar-refractivity contribution in [2.24, 2.45) is 0 Å². The molecule has 1 aromatic carbocycles. The molecule has 2 aromatic heterocycles. The Kier molecular flexibility index (Phi) is 6.11. The Hall–Kier alpha value is -3.48. The summed E-state index contributed by atoms with van der Waals surface area (Å²) in [5, 5.41) is 0.690. The molecule has 6 nitrogen and oxygen atoms in total. The average Bonchev–Trinajstić information content (AvgIpc) is 3.22. The van der Waals surface area contributed by atoms with Crippen molar-refractivity contribution in [1.29, 1.82) is 0 Å². The summed E-state index contributed by atoms with van der Waals surface area (Å²) < 4.78 is 19.9. The van der Waals surface area contributed by atoms with E-state index in [1.807, 2.05) is 6.07 Å². The van der Waals surface area contributed by atoms with E-state index >= 15 is 0 Å². The maximum Gasteiger partial charge on any atom is 0.245 e. The van der Waals surface area contributed by atoms with Crippen molar-refractivity contribution in [2.75, 3.05) is 13.1 Å². The minimum absolute atomic E-state index is 0.0211. The van der Waals surface area contributed by atoms with Gasteiger partial charge in [-0.3, -0.25) is 9.59 Å². The number of ether oxygens (including phenoxy) is 1. The minimum atomic E-state index is -0.299. The number of H-pyrrole nitrogens is 1. The van der Waals surface area contributed by atoms with Gasteiger partial charge in [-0.15, -0.1) is 0 Å². The average molecular weight is 421 g/mol. The summed E-state index contributed by atoms with van der Waals surface area (Å²) in [5.74, 6) is 0.147. The summed E-state index contributed by atoms with van der Waals surface area (Å²) in [6.45, 7) is 4.76. The lowest BCUT2D eigenvalue weighted by atomic mass is 10.0. The van der Waals surface area contributed by atoms with E-state index in [0.29, 0.717) is 47.4 Å². The molecular formula is C24H24FN3O3. The van der Waals surface area contributed by atoms with Crippen molar-refractivity contribution in [1.82, 2.24) is 14.9 Å². The van der Waals surface area contributed by atoms with E-state index in [1.165, 1.54) is 12.1 Å². The van der Waals surface area contributed by atoms with Crippen molar-refractivity contribution in [3.05, 3.63) is 72.3 Å². The molecule has 31 heavy (non-hydrogen) atoms. The summed E-state index contributed by atoms with van der Waals surface area (Å²) in [6, 6.07) is 8.31. The summed E-state index contributed by atoms with van der Waals surface area (Å²) in [5.41, 5.74) is 1.66. The molecule has 0 bridgehead atoms. The fourth-order valence-corrected chi connectivity index (χ4v) is 3.88. The molecule has 3 aromatic rings. The maximum absolute atomic E-state index is 13.8. The predicted molar refractivity (Wildman–Crippen MR) is 116 cm³/mol. The van der Waals surface area contributed by atoms with Crippen LogP contribution in [0.2, 0.25) is 0 Å². The highest BCUT2D eigenvalue weighted by Gasteiger charge is 2.23. The number of benzene rings is 1. The van der Waals surface area contributed by atoms with Gasteiger partial charge in [0.05, 0.1) is 6.20 Å². The van der Waals surface area contributed by atoms with Crippen LogP contribution in [0.4, 0.5) is 4.39 Å². The number of likely N-dealkylation sites (tertiary alicyclic amines) is 1. The first-order valence-corrected chi connectivity index (χ1v) is 10.4. The van der Waals surface area contributed by atoms with E-state index in [1.54, 1.807) is 35.5 Å². The number of fused-ring (bicyclic) bond motifs is 1. The third-order valence-electron chi connectivity index (χ3n) is 5.62. The number of pyridine rings is 1. The van der Waals surface area contributed by atoms with Crippen LogP contribution in [-0.2, 0) is 11.2 Å². The largest absolute Gasteiger partial charge is 0.489 e. The molecule has 1 aliphatic rings. The van der Waals surface area contributed by atoms with Gasteiger partial charge in [0.25, 0.3) is 0 Å². The van der Waals surface area contributed by atoms with Crippen molar-refractivity contribution in [3.63, 3.8) is 0 Å². The standard InChI is InChI=1S/C24H24FN3O3/c1-2-23(30)28-11-9-17(10-12-28)31-18-13-19-20(15-27-24(19)26-14-18)22(29)8-7-16-5-3-4-6-21(16)25/h2-6,13-15,17H,1,7-12H2,(H,26,27). The molecule has 4 rings (SSSR count). The number of aromatic amines is 1. The Morgan fingerprint density at radius 3 is 2.81 bits per heavy atom. The third-order valence-corrected chi connectivity index (χ3v) is 5.62. The van der Waals surface area contributed by atoms with Gasteiger partial charge in [0.2, 0.25) is 5.91 Å². The highest BCUT2D eigenvalue weighted by Crippen LogP contribution is 2.26. The zero-order valence-corrected chi connectivity index (χ0v) is 17.1. The van der Waals surface area contributed by atoms with Crippen molar-refractivity contribution in [3.8, 4) is 5.75 Å². The van der Waals surface area contributed by atoms with Gasteiger partial charge in [-0.2, -0.15) is 0 Å². The van der Waals surface area contributed by atoms with Crippen LogP contribution in [-0.4, -0.2) is 45.8 Å². The molecule has 7 heteroatoms. The topological polar surface area (TPSA) is 75.3 Å². The van der Waals surface area contributed by atoms with E-state index in [0.717, 1.165) is 12.8 Å². The van der Waals surface area contributed by atoms with Crippen LogP contribution in [0, 0.1) is 5.82 Å². The van der Waals surface area contributed by atoms with Crippen LogP contribution < -0.4 is 4.74 Å². The summed E-state index contributed by atoms with van der Waals surface area (Å²) in [7, 11) is 0. The van der Waals surface area contributed by atoms with Crippen LogP contribution in [0.5, 0.6) is 5.75 Å². The highest BCUT2D eigenvalue weighted by molar-refractivity contribution is 6.07. The Morgan fingerprint density at radius 2 is 2.06 bits per heavy atom. The normalized spacial score (nSPS) is 14.5. The number of nitrogens with one attached hydrogen (secondary N) is 1. The van der Waals surface area contributed by atoms with Crippen molar-refractivity contribution in [2.45, 2.75) is 31.8 Å². The van der Waals surface area contributed by atoms with Gasteiger partial charge < -0.3 is 14.6 Å². The Labute approximate surface area is 179 Å². The van der Waals surface area contributed by atoms with Gasteiger partial charge in [-0.1, -0.05) is 24.8 Å². The summed E-state index contributed by atoms with van der Waals surface area (Å²) in [6.07, 6.45) is 6.57.